The molecular weight excluding hydrogens is 346 g/mol. The molecule has 0 radical (unpaired) electrons. The van der Waals surface area contributed by atoms with Gasteiger partial charge in [-0.2, -0.15) is 0 Å². The van der Waals surface area contributed by atoms with Gasteiger partial charge < -0.3 is 9.67 Å². The van der Waals surface area contributed by atoms with Crippen molar-refractivity contribution in [3.63, 3.8) is 0 Å². The van der Waals surface area contributed by atoms with Crippen LogP contribution in [0, 0.1) is 11.8 Å². The molecule has 0 aliphatic rings. The summed E-state index contributed by atoms with van der Waals surface area (Å²) in [7, 11) is 3.79. The van der Waals surface area contributed by atoms with Gasteiger partial charge >= 0.3 is 5.69 Å². The first-order valence-electron chi connectivity index (χ1n) is 9.27. The summed E-state index contributed by atoms with van der Waals surface area (Å²) in [5.41, 5.74) is -1.22. The minimum atomic E-state index is -1.28. The number of aliphatic hydroxyl groups is 1. The summed E-state index contributed by atoms with van der Waals surface area (Å²) in [5.74, 6) is 5.72. The second-order valence-corrected chi connectivity index (χ2v) is 7.16. The minimum Gasteiger partial charge on any atom is -0.378 e. The molecule has 0 aliphatic carbocycles. The van der Waals surface area contributed by atoms with Crippen LogP contribution < -0.4 is 11.2 Å². The van der Waals surface area contributed by atoms with Gasteiger partial charge in [0.05, 0.1) is 12.9 Å². The molecule has 0 aromatic carbocycles. The Labute approximate surface area is 159 Å². The van der Waals surface area contributed by atoms with E-state index in [4.69, 9.17) is 0 Å². The molecule has 0 bridgehead atoms. The van der Waals surface area contributed by atoms with E-state index in [1.54, 1.807) is 17.8 Å². The SMILES string of the molecule is CCCn1cnc2c1c(=O)n(CCC(C)(O)C#CCN(C)C)c(=O)n2CC. The maximum absolute atomic E-state index is 13.0. The highest BCUT2D eigenvalue weighted by molar-refractivity contribution is 5.70. The third-order valence-electron chi connectivity index (χ3n) is 4.34. The summed E-state index contributed by atoms with van der Waals surface area (Å²) in [6.07, 6.45) is 2.64. The van der Waals surface area contributed by atoms with Crippen LogP contribution in [0.5, 0.6) is 0 Å². The molecule has 0 aliphatic heterocycles. The van der Waals surface area contributed by atoms with Gasteiger partial charge in [-0.1, -0.05) is 18.8 Å². The molecule has 2 rings (SSSR count). The number of aromatic nitrogens is 4. The predicted octanol–water partition coefficient (Wildman–Crippen LogP) is 0.496. The minimum absolute atomic E-state index is 0.0918. The molecule has 0 fully saturated rings. The van der Waals surface area contributed by atoms with Crippen molar-refractivity contribution < 1.29 is 5.11 Å². The standard InChI is InChI=1S/C19H29N5O3/c1-6-11-22-14-20-16-15(22)17(25)24(18(26)23(16)7-2)13-10-19(3,27)9-8-12-21(4)5/h14,27H,6-7,10-13H2,1-5H3. The van der Waals surface area contributed by atoms with E-state index in [0.717, 1.165) is 6.42 Å². The van der Waals surface area contributed by atoms with E-state index in [0.29, 0.717) is 30.8 Å². The van der Waals surface area contributed by atoms with Gasteiger partial charge in [-0.15, -0.1) is 0 Å². The summed E-state index contributed by atoms with van der Waals surface area (Å²) >= 11 is 0. The molecular formula is C19H29N5O3. The maximum Gasteiger partial charge on any atom is 0.332 e. The van der Waals surface area contributed by atoms with Gasteiger partial charge in [-0.3, -0.25) is 18.8 Å². The van der Waals surface area contributed by atoms with Crippen molar-refractivity contribution in [3.05, 3.63) is 27.2 Å². The van der Waals surface area contributed by atoms with Crippen LogP contribution in [-0.4, -0.2) is 54.9 Å². The fraction of sp³-hybridized carbons (Fsp3) is 0.632. The zero-order valence-corrected chi connectivity index (χ0v) is 16.8. The molecule has 27 heavy (non-hydrogen) atoms. The third-order valence-corrected chi connectivity index (χ3v) is 4.34. The van der Waals surface area contributed by atoms with E-state index in [9.17, 15) is 14.7 Å². The van der Waals surface area contributed by atoms with Gasteiger partial charge in [-0.05, 0) is 34.4 Å². The summed E-state index contributed by atoms with van der Waals surface area (Å²) in [4.78, 5) is 31.9. The lowest BCUT2D eigenvalue weighted by Gasteiger charge is -2.18. The zero-order chi connectivity index (χ0) is 20.2. The van der Waals surface area contributed by atoms with E-state index in [1.807, 2.05) is 32.8 Å². The highest BCUT2D eigenvalue weighted by Gasteiger charge is 2.21. The fourth-order valence-electron chi connectivity index (χ4n) is 2.91. The van der Waals surface area contributed by atoms with Crippen molar-refractivity contribution in [2.24, 2.45) is 0 Å². The van der Waals surface area contributed by atoms with Gasteiger partial charge in [0.25, 0.3) is 5.56 Å². The van der Waals surface area contributed by atoms with Crippen LogP contribution in [0.15, 0.2) is 15.9 Å². The maximum atomic E-state index is 13.0. The van der Waals surface area contributed by atoms with Crippen LogP contribution in [0.25, 0.3) is 11.2 Å². The number of fused-ring (bicyclic) bond motifs is 1. The fourth-order valence-corrected chi connectivity index (χ4v) is 2.91. The molecule has 8 nitrogen and oxygen atoms in total. The Bertz CT molecular complexity index is 969. The Hall–Kier alpha value is -2.37. The Kier molecular flexibility index (Phi) is 6.63. The van der Waals surface area contributed by atoms with Gasteiger partial charge in [-0.25, -0.2) is 9.78 Å². The monoisotopic (exact) mass is 375 g/mol. The Balaban J connectivity index is 2.43. The Morgan fingerprint density at radius 3 is 2.52 bits per heavy atom. The second-order valence-electron chi connectivity index (χ2n) is 7.16. The van der Waals surface area contributed by atoms with E-state index >= 15 is 0 Å². The summed E-state index contributed by atoms with van der Waals surface area (Å²) in [5, 5.41) is 10.5. The Morgan fingerprint density at radius 1 is 1.22 bits per heavy atom. The molecule has 0 saturated heterocycles. The highest BCUT2D eigenvalue weighted by atomic mass is 16.3. The summed E-state index contributed by atoms with van der Waals surface area (Å²) in [6.45, 7) is 7.15. The average molecular weight is 375 g/mol. The third kappa shape index (κ3) is 4.67. The van der Waals surface area contributed by atoms with E-state index in [1.165, 1.54) is 9.13 Å². The van der Waals surface area contributed by atoms with Crippen LogP contribution in [0.1, 0.15) is 33.6 Å². The molecule has 0 spiro atoms. The van der Waals surface area contributed by atoms with Crippen LogP contribution in [0.4, 0.5) is 0 Å². The smallest absolute Gasteiger partial charge is 0.332 e. The Morgan fingerprint density at radius 2 is 1.93 bits per heavy atom. The van der Waals surface area contributed by atoms with Crippen LogP contribution >= 0.6 is 0 Å². The normalized spacial score (nSPS) is 13.6. The molecule has 2 aromatic rings. The second kappa shape index (κ2) is 8.55. The number of rotatable bonds is 7. The zero-order valence-electron chi connectivity index (χ0n) is 16.8. The molecule has 1 N–H and O–H groups in total. The van der Waals surface area contributed by atoms with Crippen molar-refractivity contribution in [3.8, 4) is 11.8 Å². The van der Waals surface area contributed by atoms with Gasteiger partial charge in [0.2, 0.25) is 0 Å². The number of aryl methyl sites for hydroxylation is 2. The van der Waals surface area contributed by atoms with Crippen molar-refractivity contribution in [2.45, 2.75) is 58.8 Å². The first-order chi connectivity index (χ1) is 12.7. The molecule has 1 unspecified atom stereocenters. The topological polar surface area (TPSA) is 85.3 Å². The molecule has 8 heteroatoms. The van der Waals surface area contributed by atoms with Crippen molar-refractivity contribution in [1.29, 1.82) is 0 Å². The van der Waals surface area contributed by atoms with Gasteiger partial charge in [0, 0.05) is 26.1 Å². The molecule has 2 aromatic heterocycles. The average Bonchev–Trinajstić information content (AvgIpc) is 2.98. The lowest BCUT2D eigenvalue weighted by Crippen LogP contribution is -2.42. The van der Waals surface area contributed by atoms with Crippen LogP contribution in [0.3, 0.4) is 0 Å². The highest BCUT2D eigenvalue weighted by Crippen LogP contribution is 2.11. The number of nitrogens with zero attached hydrogens (tertiary/aromatic N) is 5. The van der Waals surface area contributed by atoms with Crippen molar-refractivity contribution in [1.82, 2.24) is 23.6 Å². The van der Waals surface area contributed by atoms with Crippen molar-refractivity contribution >= 4 is 11.2 Å². The van der Waals surface area contributed by atoms with Gasteiger partial charge in [0.1, 0.15) is 5.60 Å². The number of imidazole rings is 1. The number of hydrogen-bond donors (Lipinski definition) is 1. The number of hydrogen-bond acceptors (Lipinski definition) is 5. The van der Waals surface area contributed by atoms with E-state index in [-0.39, 0.29) is 18.5 Å². The quantitative estimate of drug-likeness (QED) is 0.712. The van der Waals surface area contributed by atoms with Crippen molar-refractivity contribution in [2.75, 3.05) is 20.6 Å². The summed E-state index contributed by atoms with van der Waals surface area (Å²) in [6, 6.07) is 0. The summed E-state index contributed by atoms with van der Waals surface area (Å²) < 4.78 is 4.46. The van der Waals surface area contributed by atoms with Crippen LogP contribution in [0.2, 0.25) is 0 Å². The lowest BCUT2D eigenvalue weighted by molar-refractivity contribution is 0.106. The molecule has 2 heterocycles. The first-order valence-corrected chi connectivity index (χ1v) is 9.27. The molecule has 1 atom stereocenters. The van der Waals surface area contributed by atoms with Gasteiger partial charge in [0.15, 0.2) is 11.2 Å². The molecule has 0 saturated carbocycles. The first kappa shape index (κ1) is 20.9. The predicted molar refractivity (Wildman–Crippen MR) is 106 cm³/mol. The largest absolute Gasteiger partial charge is 0.378 e. The van der Waals surface area contributed by atoms with E-state index in [2.05, 4.69) is 16.8 Å². The molecule has 148 valence electrons. The van der Waals surface area contributed by atoms with E-state index < -0.39 is 11.3 Å². The molecule has 0 amide bonds. The van der Waals surface area contributed by atoms with Crippen LogP contribution in [-0.2, 0) is 19.6 Å². The lowest BCUT2D eigenvalue weighted by atomic mass is 10.0.